The molecule has 12 nitrogen and oxygen atoms in total. The highest BCUT2D eigenvalue weighted by Gasteiger charge is 2.43. The van der Waals surface area contributed by atoms with E-state index < -0.39 is 21.9 Å². The molecule has 15 heteroatoms. The number of benzene rings is 1. The average Bonchev–Trinajstić information content (AvgIpc) is 3.54. The Morgan fingerprint density at radius 2 is 1.79 bits per heavy atom. The monoisotopic (exact) mass is 692 g/mol. The number of rotatable bonds is 5. The molecular formula is C28H34BrClN8O4S. The molecule has 2 bridgehead atoms. The van der Waals surface area contributed by atoms with E-state index in [1.807, 2.05) is 46.1 Å². The van der Waals surface area contributed by atoms with Crippen LogP contribution >= 0.6 is 27.5 Å². The maximum atomic E-state index is 13.5. The molecule has 5 heterocycles. The summed E-state index contributed by atoms with van der Waals surface area (Å²) in [5.74, 6) is 0.574. The van der Waals surface area contributed by atoms with E-state index in [1.54, 1.807) is 4.68 Å². The molecule has 6 rings (SSSR count). The van der Waals surface area contributed by atoms with Crippen molar-refractivity contribution in [3.8, 4) is 11.1 Å². The van der Waals surface area contributed by atoms with Crippen LogP contribution in [-0.4, -0.2) is 80.4 Å². The number of ether oxygens (including phenoxy) is 1. The molecule has 1 aromatic carbocycles. The van der Waals surface area contributed by atoms with Crippen LogP contribution in [0.3, 0.4) is 0 Å². The van der Waals surface area contributed by atoms with Crippen LogP contribution in [0.15, 0.2) is 29.1 Å². The minimum absolute atomic E-state index is 0.0341. The fraction of sp³-hybridized carbons (Fsp3) is 0.500. The molecule has 0 saturated carbocycles. The number of aryl methyl sites for hydroxylation is 1. The average molecular weight is 694 g/mol. The van der Waals surface area contributed by atoms with E-state index in [4.69, 9.17) is 26.3 Å². The Hall–Kier alpha value is -2.94. The lowest BCUT2D eigenvalue weighted by Crippen LogP contribution is -2.51. The van der Waals surface area contributed by atoms with Crippen molar-refractivity contribution in [3.05, 3.63) is 34.2 Å². The molecule has 0 radical (unpaired) electrons. The van der Waals surface area contributed by atoms with Crippen molar-refractivity contribution in [1.29, 1.82) is 0 Å². The predicted molar refractivity (Wildman–Crippen MR) is 170 cm³/mol. The quantitative estimate of drug-likeness (QED) is 0.307. The fourth-order valence-corrected chi connectivity index (χ4v) is 7.90. The lowest BCUT2D eigenvalue weighted by molar-refractivity contribution is 0.0492. The Labute approximate surface area is 263 Å². The van der Waals surface area contributed by atoms with Crippen LogP contribution in [0.5, 0.6) is 0 Å². The minimum atomic E-state index is -3.96. The third kappa shape index (κ3) is 5.36. The molecule has 1 N–H and O–H groups in total. The van der Waals surface area contributed by atoms with Crippen molar-refractivity contribution >= 4 is 71.7 Å². The molecule has 1 unspecified atom stereocenters. The second kappa shape index (κ2) is 10.6. The molecule has 3 atom stereocenters. The molecule has 2 aliphatic heterocycles. The number of nitrogens with zero attached hydrogens (tertiary/aromatic N) is 7. The van der Waals surface area contributed by atoms with E-state index in [0.717, 1.165) is 28.0 Å². The zero-order valence-corrected chi connectivity index (χ0v) is 28.0. The van der Waals surface area contributed by atoms with Gasteiger partial charge in [-0.3, -0.25) is 4.68 Å². The predicted octanol–water partition coefficient (Wildman–Crippen LogP) is 5.08. The first kappa shape index (κ1) is 30.1. The molecule has 43 heavy (non-hydrogen) atoms. The number of halogens is 2. The molecular weight excluding hydrogens is 660 g/mol. The van der Waals surface area contributed by atoms with Gasteiger partial charge in [0.1, 0.15) is 15.7 Å². The van der Waals surface area contributed by atoms with Gasteiger partial charge in [0.2, 0.25) is 0 Å². The van der Waals surface area contributed by atoms with Gasteiger partial charge in [0, 0.05) is 68.2 Å². The number of aromatic nitrogens is 5. The highest BCUT2D eigenvalue weighted by atomic mass is 79.9. The molecule has 0 spiro atoms. The van der Waals surface area contributed by atoms with E-state index in [2.05, 4.69) is 31.2 Å². The van der Waals surface area contributed by atoms with Crippen LogP contribution in [0.4, 0.5) is 10.6 Å². The van der Waals surface area contributed by atoms with Crippen LogP contribution in [0.25, 0.3) is 33.2 Å². The lowest BCUT2D eigenvalue weighted by Gasteiger charge is -2.40. The second-order valence-corrected chi connectivity index (χ2v) is 15.6. The maximum Gasteiger partial charge on any atom is 0.407 e. The van der Waals surface area contributed by atoms with Crippen LogP contribution in [0, 0.1) is 0 Å². The van der Waals surface area contributed by atoms with Gasteiger partial charge in [-0.2, -0.15) is 17.8 Å². The largest absolute Gasteiger partial charge is 0.444 e. The van der Waals surface area contributed by atoms with Crippen molar-refractivity contribution in [3.63, 3.8) is 0 Å². The lowest BCUT2D eigenvalue weighted by atomic mass is 9.97. The summed E-state index contributed by atoms with van der Waals surface area (Å²) >= 11 is 10.5. The van der Waals surface area contributed by atoms with E-state index >= 15 is 0 Å². The SMILES string of the molecule is CN(C)S(=O)(=O)n1cc(-c2ccc3nn(C)cc3c2Cl)c2nc(Br)c(N3[C@@H]4CC[C@H]3CC(NC(=O)OC(C)(C)C)C4)nc21. The maximum absolute atomic E-state index is 13.5. The standard InChI is InChI=1S/C28H34BrClN8O4S/c1-28(2,3)42-27(39)31-15-11-16-7-8-17(12-15)38(16)26-24(29)32-23-19(14-37(25(23)33-26)43(40,41)35(4)5)18-9-10-21-20(22(18)30)13-36(6)34-21/h9-10,13-17H,7-8,11-12H2,1-6H3,(H,31,39)/t15?,16-,17+. The van der Waals surface area contributed by atoms with Crippen molar-refractivity contribution in [2.24, 2.45) is 7.05 Å². The third-order valence-corrected chi connectivity index (χ3v) is 10.6. The topological polar surface area (TPSA) is 127 Å². The zero-order chi connectivity index (χ0) is 31.0. The van der Waals surface area contributed by atoms with Gasteiger partial charge in [-0.25, -0.2) is 18.7 Å². The van der Waals surface area contributed by atoms with Gasteiger partial charge >= 0.3 is 16.3 Å². The normalized spacial score (nSPS) is 20.9. The van der Waals surface area contributed by atoms with Crippen molar-refractivity contribution < 1.29 is 17.9 Å². The van der Waals surface area contributed by atoms with Gasteiger partial charge < -0.3 is 15.0 Å². The molecule has 1 amide bonds. The number of hydrogen-bond donors (Lipinski definition) is 1. The Bertz CT molecular complexity index is 1850. The van der Waals surface area contributed by atoms with Gasteiger partial charge in [0.15, 0.2) is 11.5 Å². The van der Waals surface area contributed by atoms with Gasteiger partial charge in [0.25, 0.3) is 0 Å². The number of hydrogen-bond acceptors (Lipinski definition) is 8. The van der Waals surface area contributed by atoms with E-state index in [9.17, 15) is 13.2 Å². The van der Waals surface area contributed by atoms with Gasteiger partial charge in [0.05, 0.1) is 10.5 Å². The third-order valence-electron chi connectivity index (χ3n) is 7.97. The Morgan fingerprint density at radius 3 is 2.42 bits per heavy atom. The van der Waals surface area contributed by atoms with Crippen molar-refractivity contribution in [2.45, 2.75) is 70.2 Å². The highest BCUT2D eigenvalue weighted by Crippen LogP contribution is 2.44. The summed E-state index contributed by atoms with van der Waals surface area (Å²) in [5, 5.41) is 8.66. The number of carbonyl (C=O) groups excluding carboxylic acids is 1. The van der Waals surface area contributed by atoms with Crippen LogP contribution in [0.1, 0.15) is 46.5 Å². The van der Waals surface area contributed by atoms with Crippen molar-refractivity contribution in [2.75, 3.05) is 19.0 Å². The van der Waals surface area contributed by atoms with Crippen molar-refractivity contribution in [1.82, 2.24) is 33.3 Å². The first-order chi connectivity index (χ1) is 20.1. The Balaban J connectivity index is 1.42. The summed E-state index contributed by atoms with van der Waals surface area (Å²) in [7, 11) is 0.816. The minimum Gasteiger partial charge on any atom is -0.444 e. The van der Waals surface area contributed by atoms with Crippen LogP contribution in [0.2, 0.25) is 5.02 Å². The van der Waals surface area contributed by atoms with Gasteiger partial charge in [-0.1, -0.05) is 17.7 Å². The summed E-state index contributed by atoms with van der Waals surface area (Å²) < 4.78 is 37.1. The molecule has 2 saturated heterocycles. The van der Waals surface area contributed by atoms with Crippen LogP contribution < -0.4 is 10.2 Å². The Kier molecular flexibility index (Phi) is 7.42. The molecule has 2 fully saturated rings. The number of anilines is 1. The molecule has 2 aliphatic rings. The Morgan fingerprint density at radius 1 is 1.12 bits per heavy atom. The van der Waals surface area contributed by atoms with Gasteiger partial charge in [-0.15, -0.1) is 0 Å². The summed E-state index contributed by atoms with van der Waals surface area (Å²) in [6, 6.07) is 3.83. The smallest absolute Gasteiger partial charge is 0.407 e. The van der Waals surface area contributed by atoms with Gasteiger partial charge in [-0.05, 0) is 68.5 Å². The van der Waals surface area contributed by atoms with E-state index in [1.165, 1.54) is 24.3 Å². The number of fused-ring (bicyclic) bond motifs is 4. The van der Waals surface area contributed by atoms with E-state index in [-0.39, 0.29) is 23.8 Å². The molecule has 230 valence electrons. The summed E-state index contributed by atoms with van der Waals surface area (Å²) in [6.45, 7) is 5.52. The molecule has 4 aromatic rings. The fourth-order valence-electron chi connectivity index (χ4n) is 6.19. The summed E-state index contributed by atoms with van der Waals surface area (Å²) in [6.07, 6.45) is 6.21. The first-order valence-corrected chi connectivity index (χ1v) is 16.6. The summed E-state index contributed by atoms with van der Waals surface area (Å²) in [4.78, 5) is 24.5. The van der Waals surface area contributed by atoms with Crippen LogP contribution in [-0.2, 0) is 22.0 Å². The summed E-state index contributed by atoms with van der Waals surface area (Å²) in [5.41, 5.74) is 1.93. The number of amides is 1. The highest BCUT2D eigenvalue weighted by molar-refractivity contribution is 9.10. The molecule has 3 aromatic heterocycles. The second-order valence-electron chi connectivity index (χ2n) is 12.4. The van der Waals surface area contributed by atoms with E-state index in [0.29, 0.717) is 44.9 Å². The number of piperidine rings is 1. The number of nitrogens with one attached hydrogen (secondary N) is 1. The number of carbonyl (C=O) groups is 1. The molecule has 0 aliphatic carbocycles. The first-order valence-electron chi connectivity index (χ1n) is 14.1. The zero-order valence-electron chi connectivity index (χ0n) is 24.8. The number of alkyl carbamates (subject to hydrolysis) is 1.